The van der Waals surface area contributed by atoms with E-state index < -0.39 is 11.6 Å². The standard InChI is InChI=1S/C14H18N2O4/c1-14(2,3)20-10(17)6-16-9-5-7-4-8(7)11(9)12(15-16)13(18)19/h7-8H,4-6H2,1-3H3,(H,18,19). The van der Waals surface area contributed by atoms with E-state index in [2.05, 4.69) is 5.10 Å². The van der Waals surface area contributed by atoms with Crippen molar-refractivity contribution in [3.05, 3.63) is 17.0 Å². The average Bonchev–Trinajstić information content (AvgIpc) is 2.79. The third-order valence-electron chi connectivity index (χ3n) is 3.75. The van der Waals surface area contributed by atoms with Crippen molar-refractivity contribution in [2.24, 2.45) is 5.92 Å². The van der Waals surface area contributed by atoms with Crippen molar-refractivity contribution < 1.29 is 19.4 Å². The number of fused-ring (bicyclic) bond motifs is 3. The molecule has 0 amide bonds. The first-order valence-electron chi connectivity index (χ1n) is 6.81. The zero-order chi connectivity index (χ0) is 14.7. The number of aromatic nitrogens is 2. The van der Waals surface area contributed by atoms with Gasteiger partial charge in [0.1, 0.15) is 12.1 Å². The van der Waals surface area contributed by atoms with Gasteiger partial charge in [0, 0.05) is 11.3 Å². The second kappa shape index (κ2) is 4.07. The molecule has 1 saturated carbocycles. The van der Waals surface area contributed by atoms with Crippen molar-refractivity contribution >= 4 is 11.9 Å². The maximum atomic E-state index is 11.9. The minimum atomic E-state index is -1.02. The Balaban J connectivity index is 1.85. The van der Waals surface area contributed by atoms with E-state index in [0.29, 0.717) is 11.8 Å². The Morgan fingerprint density at radius 1 is 1.45 bits per heavy atom. The molecule has 1 heterocycles. The Morgan fingerprint density at radius 2 is 2.15 bits per heavy atom. The number of ether oxygens (including phenoxy) is 1. The first kappa shape index (κ1) is 13.1. The molecule has 1 aromatic rings. The summed E-state index contributed by atoms with van der Waals surface area (Å²) in [4.78, 5) is 23.1. The van der Waals surface area contributed by atoms with Crippen LogP contribution < -0.4 is 0 Å². The predicted octanol–water partition coefficient (Wildman–Crippen LogP) is 1.58. The van der Waals surface area contributed by atoms with Crippen molar-refractivity contribution in [1.29, 1.82) is 0 Å². The maximum absolute atomic E-state index is 11.9. The fraction of sp³-hybridized carbons (Fsp3) is 0.643. The van der Waals surface area contributed by atoms with Gasteiger partial charge in [-0.2, -0.15) is 5.10 Å². The fourth-order valence-corrected chi connectivity index (χ4v) is 2.98. The third-order valence-corrected chi connectivity index (χ3v) is 3.75. The molecule has 1 N–H and O–H groups in total. The Morgan fingerprint density at radius 3 is 2.75 bits per heavy atom. The molecular weight excluding hydrogens is 260 g/mol. The van der Waals surface area contributed by atoms with Gasteiger partial charge in [0.05, 0.1) is 0 Å². The quantitative estimate of drug-likeness (QED) is 0.849. The maximum Gasteiger partial charge on any atom is 0.356 e. The second-order valence-corrected chi connectivity index (χ2v) is 6.56. The van der Waals surface area contributed by atoms with E-state index in [-0.39, 0.29) is 18.2 Å². The summed E-state index contributed by atoms with van der Waals surface area (Å²) in [5.41, 5.74) is 1.29. The highest BCUT2D eigenvalue weighted by atomic mass is 16.6. The number of carboxylic acids is 1. The molecule has 2 unspecified atom stereocenters. The number of esters is 1. The van der Waals surface area contributed by atoms with Crippen LogP contribution in [-0.4, -0.2) is 32.4 Å². The molecule has 2 aliphatic carbocycles. The number of carboxylic acid groups (broad SMARTS) is 1. The molecule has 0 aliphatic heterocycles. The lowest BCUT2D eigenvalue weighted by molar-refractivity contribution is -0.155. The van der Waals surface area contributed by atoms with Gasteiger partial charge in [-0.05, 0) is 45.4 Å². The molecule has 20 heavy (non-hydrogen) atoms. The van der Waals surface area contributed by atoms with Crippen LogP contribution in [-0.2, 0) is 22.5 Å². The molecule has 3 rings (SSSR count). The Kier molecular flexibility index (Phi) is 2.68. The van der Waals surface area contributed by atoms with Crippen LogP contribution in [0, 0.1) is 5.92 Å². The van der Waals surface area contributed by atoms with Crippen LogP contribution in [0.5, 0.6) is 0 Å². The first-order valence-corrected chi connectivity index (χ1v) is 6.81. The van der Waals surface area contributed by atoms with Crippen molar-refractivity contribution in [2.75, 3.05) is 0 Å². The zero-order valence-corrected chi connectivity index (χ0v) is 11.8. The second-order valence-electron chi connectivity index (χ2n) is 6.56. The van der Waals surface area contributed by atoms with Gasteiger partial charge < -0.3 is 9.84 Å². The minimum Gasteiger partial charge on any atom is -0.476 e. The number of nitrogens with zero attached hydrogens (tertiary/aromatic N) is 2. The van der Waals surface area contributed by atoms with E-state index in [4.69, 9.17) is 4.74 Å². The predicted molar refractivity (Wildman–Crippen MR) is 69.6 cm³/mol. The normalized spacial score (nSPS) is 23.1. The van der Waals surface area contributed by atoms with E-state index in [0.717, 1.165) is 24.1 Å². The molecule has 0 bridgehead atoms. The van der Waals surface area contributed by atoms with E-state index in [1.807, 2.05) is 0 Å². The fourth-order valence-electron chi connectivity index (χ4n) is 2.98. The molecule has 2 atom stereocenters. The summed E-state index contributed by atoms with van der Waals surface area (Å²) in [7, 11) is 0. The van der Waals surface area contributed by atoms with Crippen molar-refractivity contribution in [3.63, 3.8) is 0 Å². The zero-order valence-electron chi connectivity index (χ0n) is 11.8. The van der Waals surface area contributed by atoms with Crippen LogP contribution >= 0.6 is 0 Å². The number of aromatic carboxylic acids is 1. The van der Waals surface area contributed by atoms with Gasteiger partial charge in [-0.15, -0.1) is 0 Å². The Hall–Kier alpha value is -1.85. The molecule has 6 heteroatoms. The molecule has 6 nitrogen and oxygen atoms in total. The van der Waals surface area contributed by atoms with Crippen LogP contribution in [0.2, 0.25) is 0 Å². The molecule has 0 radical (unpaired) electrons. The van der Waals surface area contributed by atoms with Crippen molar-refractivity contribution in [3.8, 4) is 0 Å². The SMILES string of the molecule is CC(C)(C)OC(=O)Cn1nc(C(=O)O)c2c1CC1CC21. The van der Waals surface area contributed by atoms with Crippen LogP contribution in [0.4, 0.5) is 0 Å². The highest BCUT2D eigenvalue weighted by molar-refractivity contribution is 5.88. The molecule has 0 saturated heterocycles. The molecule has 1 aromatic heterocycles. The summed E-state index contributed by atoms with van der Waals surface area (Å²) in [6.07, 6.45) is 1.87. The van der Waals surface area contributed by atoms with Gasteiger partial charge in [0.25, 0.3) is 0 Å². The number of hydrogen-bond donors (Lipinski definition) is 1. The summed E-state index contributed by atoms with van der Waals surface area (Å²) in [5, 5.41) is 13.3. The third kappa shape index (κ3) is 2.19. The van der Waals surface area contributed by atoms with Crippen LogP contribution in [0.1, 0.15) is 54.9 Å². The van der Waals surface area contributed by atoms with Crippen molar-refractivity contribution in [2.45, 2.75) is 51.7 Å². The lowest BCUT2D eigenvalue weighted by Gasteiger charge is -2.19. The Labute approximate surface area is 116 Å². The van der Waals surface area contributed by atoms with E-state index in [1.54, 1.807) is 20.8 Å². The number of hydrogen-bond acceptors (Lipinski definition) is 4. The van der Waals surface area contributed by atoms with Crippen molar-refractivity contribution in [1.82, 2.24) is 9.78 Å². The average molecular weight is 278 g/mol. The minimum absolute atomic E-state index is 0.0215. The lowest BCUT2D eigenvalue weighted by Crippen LogP contribution is -2.27. The van der Waals surface area contributed by atoms with Crippen LogP contribution in [0.3, 0.4) is 0 Å². The lowest BCUT2D eigenvalue weighted by atomic mass is 10.1. The molecule has 108 valence electrons. The van der Waals surface area contributed by atoms with Gasteiger partial charge in [0.15, 0.2) is 5.69 Å². The van der Waals surface area contributed by atoms with Crippen LogP contribution in [0.15, 0.2) is 0 Å². The summed E-state index contributed by atoms with van der Waals surface area (Å²) >= 11 is 0. The number of rotatable bonds is 3. The highest BCUT2D eigenvalue weighted by Gasteiger charge is 2.50. The summed E-state index contributed by atoms with van der Waals surface area (Å²) in [5.74, 6) is -0.522. The summed E-state index contributed by atoms with van der Waals surface area (Å²) in [6, 6.07) is 0. The van der Waals surface area contributed by atoms with Gasteiger partial charge in [-0.3, -0.25) is 9.48 Å². The molecule has 0 spiro atoms. The first-order chi connectivity index (χ1) is 9.26. The molecule has 0 aromatic carbocycles. The summed E-state index contributed by atoms with van der Waals surface area (Å²) < 4.78 is 6.77. The van der Waals surface area contributed by atoms with E-state index >= 15 is 0 Å². The topological polar surface area (TPSA) is 81.4 Å². The van der Waals surface area contributed by atoms with Gasteiger partial charge in [-0.25, -0.2) is 4.79 Å². The largest absolute Gasteiger partial charge is 0.476 e. The monoisotopic (exact) mass is 278 g/mol. The van der Waals surface area contributed by atoms with E-state index in [9.17, 15) is 14.7 Å². The van der Waals surface area contributed by atoms with Crippen LogP contribution in [0.25, 0.3) is 0 Å². The van der Waals surface area contributed by atoms with E-state index in [1.165, 1.54) is 4.68 Å². The van der Waals surface area contributed by atoms with Gasteiger partial charge >= 0.3 is 11.9 Å². The highest BCUT2D eigenvalue weighted by Crippen LogP contribution is 2.57. The van der Waals surface area contributed by atoms with Gasteiger partial charge in [0.2, 0.25) is 0 Å². The summed E-state index contributed by atoms with van der Waals surface area (Å²) in [6.45, 7) is 5.38. The van der Waals surface area contributed by atoms with Gasteiger partial charge in [-0.1, -0.05) is 0 Å². The smallest absolute Gasteiger partial charge is 0.356 e. The number of carbonyl (C=O) groups is 2. The molecular formula is C14H18N2O4. The molecule has 2 aliphatic rings. The Bertz CT molecular complexity index is 597. The molecule has 1 fully saturated rings. The number of carbonyl (C=O) groups excluding carboxylic acids is 1.